The fraction of sp³-hybridized carbons (Fsp3) is 0.455. The molecule has 162 valence electrons. The molecule has 0 bridgehead atoms. The molecule has 1 aromatic carbocycles. The van der Waals surface area contributed by atoms with Crippen molar-refractivity contribution in [2.45, 2.75) is 50.7 Å². The molecule has 0 radical (unpaired) electrons. The van der Waals surface area contributed by atoms with Crippen LogP contribution in [0.1, 0.15) is 70.8 Å². The molecule has 0 unspecified atom stereocenters. The van der Waals surface area contributed by atoms with Crippen LogP contribution in [0.25, 0.3) is 0 Å². The van der Waals surface area contributed by atoms with Crippen molar-refractivity contribution in [3.8, 4) is 5.75 Å². The van der Waals surface area contributed by atoms with Gasteiger partial charge in [0.05, 0.1) is 23.8 Å². The van der Waals surface area contributed by atoms with Crippen molar-refractivity contribution in [2.75, 3.05) is 14.2 Å². The average molecular weight is 435 g/mol. The zero-order chi connectivity index (χ0) is 21.8. The second kappa shape index (κ2) is 9.53. The van der Waals surface area contributed by atoms with Crippen LogP contribution in [0, 0.1) is 0 Å². The highest BCUT2D eigenvalue weighted by Crippen LogP contribution is 2.34. The number of nitrogens with one attached hydrogen (secondary N) is 2. The number of amides is 2. The summed E-state index contributed by atoms with van der Waals surface area (Å²) in [6.45, 7) is 1.89. The maximum atomic E-state index is 13.0. The zero-order valence-electron chi connectivity index (χ0n) is 17.3. The van der Waals surface area contributed by atoms with E-state index in [0.717, 1.165) is 5.56 Å². The lowest BCUT2D eigenvalue weighted by atomic mass is 9.92. The summed E-state index contributed by atoms with van der Waals surface area (Å²) in [4.78, 5) is 25.2. The van der Waals surface area contributed by atoms with Crippen molar-refractivity contribution in [2.24, 2.45) is 0 Å². The highest BCUT2D eigenvalue weighted by Gasteiger charge is 2.28. The second-order valence-corrected chi connectivity index (χ2v) is 7.97. The molecule has 0 saturated heterocycles. The Morgan fingerprint density at radius 1 is 1.20 bits per heavy atom. The van der Waals surface area contributed by atoms with Crippen molar-refractivity contribution in [3.63, 3.8) is 0 Å². The molecule has 2 amide bonds. The highest BCUT2D eigenvalue weighted by atomic mass is 35.5. The van der Waals surface area contributed by atoms with Gasteiger partial charge in [-0.25, -0.2) is 0 Å². The first-order valence-electron chi connectivity index (χ1n) is 10.0. The molecule has 30 heavy (non-hydrogen) atoms. The third kappa shape index (κ3) is 4.79. The molecule has 1 aromatic heterocycles. The van der Waals surface area contributed by atoms with Gasteiger partial charge in [-0.1, -0.05) is 24.6 Å². The molecule has 1 heterocycles. The minimum atomic E-state index is -0.406. The van der Waals surface area contributed by atoms with Crippen LogP contribution in [0.3, 0.4) is 0 Å². The summed E-state index contributed by atoms with van der Waals surface area (Å²) in [6, 6.07) is 6.82. The first-order valence-corrected chi connectivity index (χ1v) is 10.4. The normalized spacial score (nSPS) is 19.8. The van der Waals surface area contributed by atoms with Crippen LogP contribution in [0.5, 0.6) is 5.75 Å². The van der Waals surface area contributed by atoms with Gasteiger partial charge in [0, 0.05) is 25.1 Å². The van der Waals surface area contributed by atoms with Gasteiger partial charge in [-0.15, -0.1) is 0 Å². The smallest absolute Gasteiger partial charge is 0.286 e. The molecular weight excluding hydrogens is 408 g/mol. The lowest BCUT2D eigenvalue weighted by Gasteiger charge is -2.26. The lowest BCUT2D eigenvalue weighted by molar-refractivity contribution is 0.0864. The standard InChI is InChI=1S/C22H27ClN2O5/c1-12(13-4-9-18(29-3)17(23)10-13)20-16(11-19(30-20)22(28)24-2)21(27)25-14-5-7-15(26)8-6-14/h4,9-12,14-15,26H,5-8H2,1-3H3,(H,24,28)(H,25,27)/t12-,14?,15?/m0/s1. The Balaban J connectivity index is 1.90. The van der Waals surface area contributed by atoms with E-state index in [1.54, 1.807) is 19.2 Å². The Bertz CT molecular complexity index is 918. The lowest BCUT2D eigenvalue weighted by Crippen LogP contribution is -2.38. The fourth-order valence-corrected chi connectivity index (χ4v) is 3.99. The van der Waals surface area contributed by atoms with Gasteiger partial charge in [-0.05, 0) is 43.4 Å². The van der Waals surface area contributed by atoms with Crippen LogP contribution in [-0.2, 0) is 0 Å². The van der Waals surface area contributed by atoms with Gasteiger partial charge in [0.15, 0.2) is 5.76 Å². The highest BCUT2D eigenvalue weighted by molar-refractivity contribution is 6.32. The van der Waals surface area contributed by atoms with Crippen LogP contribution >= 0.6 is 11.6 Å². The monoisotopic (exact) mass is 434 g/mol. The number of aliphatic hydroxyl groups excluding tert-OH is 1. The van der Waals surface area contributed by atoms with Crippen molar-refractivity contribution in [1.82, 2.24) is 10.6 Å². The second-order valence-electron chi connectivity index (χ2n) is 7.56. The third-order valence-electron chi connectivity index (χ3n) is 5.56. The number of benzene rings is 1. The Hall–Kier alpha value is -2.51. The van der Waals surface area contributed by atoms with Crippen LogP contribution < -0.4 is 15.4 Å². The molecule has 3 rings (SSSR count). The van der Waals surface area contributed by atoms with Gasteiger partial charge in [0.1, 0.15) is 11.5 Å². The van der Waals surface area contributed by atoms with Gasteiger partial charge in [-0.2, -0.15) is 0 Å². The number of furan rings is 1. The quantitative estimate of drug-likeness (QED) is 0.646. The number of hydrogen-bond acceptors (Lipinski definition) is 5. The van der Waals surface area contributed by atoms with Crippen LogP contribution in [0.15, 0.2) is 28.7 Å². The predicted molar refractivity (Wildman–Crippen MR) is 113 cm³/mol. The van der Waals surface area contributed by atoms with Crippen LogP contribution in [-0.4, -0.2) is 43.2 Å². The van der Waals surface area contributed by atoms with Crippen molar-refractivity contribution in [3.05, 3.63) is 51.9 Å². The molecule has 1 aliphatic rings. The molecule has 7 nitrogen and oxygen atoms in total. The SMILES string of the molecule is CNC(=O)c1cc(C(=O)NC2CCC(O)CC2)c([C@@H](C)c2ccc(OC)c(Cl)c2)o1. The summed E-state index contributed by atoms with van der Waals surface area (Å²) in [5.74, 6) is -0.00420. The van der Waals surface area contributed by atoms with Crippen molar-refractivity contribution in [1.29, 1.82) is 0 Å². The van der Waals surface area contributed by atoms with E-state index in [1.807, 2.05) is 13.0 Å². The Labute approximate surface area is 180 Å². The topological polar surface area (TPSA) is 101 Å². The Kier molecular flexibility index (Phi) is 7.05. The minimum Gasteiger partial charge on any atom is -0.495 e. The van der Waals surface area contributed by atoms with Gasteiger partial charge < -0.3 is 24.9 Å². The van der Waals surface area contributed by atoms with E-state index in [9.17, 15) is 14.7 Å². The average Bonchev–Trinajstić information content (AvgIpc) is 3.20. The fourth-order valence-electron chi connectivity index (χ4n) is 3.73. The molecule has 0 spiro atoms. The molecule has 0 aliphatic heterocycles. The van der Waals surface area contributed by atoms with E-state index >= 15 is 0 Å². The minimum absolute atomic E-state index is 0.0159. The Morgan fingerprint density at radius 3 is 2.50 bits per heavy atom. The molecular formula is C22H27ClN2O5. The number of ether oxygens (including phenoxy) is 1. The Morgan fingerprint density at radius 2 is 1.90 bits per heavy atom. The first-order chi connectivity index (χ1) is 14.3. The number of halogens is 1. The summed E-state index contributed by atoms with van der Waals surface area (Å²) in [6.07, 6.45) is 2.45. The molecule has 1 aliphatic carbocycles. The molecule has 1 atom stereocenters. The molecule has 1 fully saturated rings. The largest absolute Gasteiger partial charge is 0.495 e. The van der Waals surface area contributed by atoms with Crippen molar-refractivity contribution < 1.29 is 23.8 Å². The van der Waals surface area contributed by atoms with Crippen LogP contribution in [0.2, 0.25) is 5.02 Å². The summed E-state index contributed by atoms with van der Waals surface area (Å²) in [7, 11) is 3.05. The zero-order valence-corrected chi connectivity index (χ0v) is 18.1. The van der Waals surface area contributed by atoms with Gasteiger partial charge in [0.2, 0.25) is 0 Å². The number of rotatable bonds is 6. The van der Waals surface area contributed by atoms with Gasteiger partial charge >= 0.3 is 0 Å². The molecule has 3 N–H and O–H groups in total. The number of carbonyl (C=O) groups is 2. The predicted octanol–water partition coefficient (Wildman–Crippen LogP) is 3.49. The third-order valence-corrected chi connectivity index (χ3v) is 5.85. The summed E-state index contributed by atoms with van der Waals surface area (Å²) < 4.78 is 11.0. The number of methoxy groups -OCH3 is 1. The van der Waals surface area contributed by atoms with E-state index in [1.165, 1.54) is 13.1 Å². The maximum absolute atomic E-state index is 13.0. The molecule has 2 aromatic rings. The van der Waals surface area contributed by atoms with E-state index in [-0.39, 0.29) is 29.7 Å². The molecule has 8 heteroatoms. The van der Waals surface area contributed by atoms with Gasteiger partial charge in [-0.3, -0.25) is 9.59 Å². The summed E-state index contributed by atoms with van der Waals surface area (Å²) in [5, 5.41) is 15.7. The van der Waals surface area contributed by atoms with Crippen molar-refractivity contribution >= 4 is 23.4 Å². The van der Waals surface area contributed by atoms with E-state index < -0.39 is 5.91 Å². The number of carbonyl (C=O) groups excluding carboxylic acids is 2. The maximum Gasteiger partial charge on any atom is 0.286 e. The van der Waals surface area contributed by atoms with Crippen LogP contribution in [0.4, 0.5) is 0 Å². The molecule has 1 saturated carbocycles. The van der Waals surface area contributed by atoms with E-state index in [4.69, 9.17) is 20.8 Å². The summed E-state index contributed by atoms with van der Waals surface area (Å²) in [5.41, 5.74) is 1.15. The van der Waals surface area contributed by atoms with E-state index in [0.29, 0.717) is 47.8 Å². The number of hydrogen-bond donors (Lipinski definition) is 3. The summed E-state index contributed by atoms with van der Waals surface area (Å²) >= 11 is 6.26. The van der Waals surface area contributed by atoms with E-state index in [2.05, 4.69) is 10.6 Å². The first kappa shape index (κ1) is 22.2. The number of aliphatic hydroxyl groups is 1. The van der Waals surface area contributed by atoms with Gasteiger partial charge in [0.25, 0.3) is 11.8 Å².